The fraction of sp³-hybridized carbons (Fsp3) is 0.750. The van der Waals surface area contributed by atoms with Crippen molar-refractivity contribution in [2.75, 3.05) is 13.7 Å². The summed E-state index contributed by atoms with van der Waals surface area (Å²) in [5, 5.41) is 2.54. The summed E-state index contributed by atoms with van der Waals surface area (Å²) >= 11 is 0. The summed E-state index contributed by atoms with van der Waals surface area (Å²) in [7, 11) is 1.27. The molecule has 0 rings (SSSR count). The number of rotatable bonds is 7. The number of esters is 2. The Labute approximate surface area is 107 Å². The van der Waals surface area contributed by atoms with Crippen LogP contribution in [0.1, 0.15) is 33.6 Å². The number of hydrogen-bond donors (Lipinski definition) is 1. The highest BCUT2D eigenvalue weighted by Gasteiger charge is 2.24. The van der Waals surface area contributed by atoms with E-state index < -0.39 is 18.0 Å². The molecule has 0 spiro atoms. The lowest BCUT2D eigenvalue weighted by molar-refractivity contribution is -0.147. The first-order valence-corrected chi connectivity index (χ1v) is 5.95. The van der Waals surface area contributed by atoms with E-state index in [1.54, 1.807) is 20.8 Å². The molecule has 1 N–H and O–H groups in total. The molecule has 0 heterocycles. The Kier molecular flexibility index (Phi) is 7.74. The van der Waals surface area contributed by atoms with Gasteiger partial charge in [-0.2, -0.15) is 0 Å². The molecule has 104 valence electrons. The minimum Gasteiger partial charge on any atom is -0.467 e. The fourth-order valence-corrected chi connectivity index (χ4v) is 1.32. The molecule has 0 radical (unpaired) electrons. The van der Waals surface area contributed by atoms with Gasteiger partial charge in [-0.05, 0) is 12.8 Å². The molecular formula is C12H21NO5. The van der Waals surface area contributed by atoms with Gasteiger partial charge in [0, 0.05) is 6.42 Å². The molecule has 0 saturated heterocycles. The van der Waals surface area contributed by atoms with Crippen LogP contribution in [0.2, 0.25) is 0 Å². The average molecular weight is 259 g/mol. The number of carbonyl (C=O) groups excluding carboxylic acids is 3. The first-order chi connectivity index (χ1) is 8.42. The number of ether oxygens (including phenoxy) is 2. The van der Waals surface area contributed by atoms with Crippen LogP contribution >= 0.6 is 0 Å². The number of amides is 1. The standard InChI is InChI=1S/C12H21NO5/c1-5-18-10(15)7-6-9(14)13-11(8(2)3)12(16)17-4/h8,11H,5-7H2,1-4H3,(H,13,14)/t11-/m0/s1. The first kappa shape index (κ1) is 16.4. The summed E-state index contributed by atoms with van der Waals surface area (Å²) in [6.45, 7) is 5.58. The zero-order valence-corrected chi connectivity index (χ0v) is 11.3. The zero-order valence-electron chi connectivity index (χ0n) is 11.3. The van der Waals surface area contributed by atoms with Crippen molar-refractivity contribution >= 4 is 17.8 Å². The van der Waals surface area contributed by atoms with Crippen LogP contribution in [0.5, 0.6) is 0 Å². The molecule has 0 aliphatic rings. The minimum absolute atomic E-state index is 0.000945. The van der Waals surface area contributed by atoms with Gasteiger partial charge in [0.2, 0.25) is 5.91 Å². The van der Waals surface area contributed by atoms with Gasteiger partial charge in [0.1, 0.15) is 6.04 Å². The largest absolute Gasteiger partial charge is 0.467 e. The van der Waals surface area contributed by atoms with Crippen LogP contribution in [0, 0.1) is 5.92 Å². The fourth-order valence-electron chi connectivity index (χ4n) is 1.32. The summed E-state index contributed by atoms with van der Waals surface area (Å²) < 4.78 is 9.30. The quantitative estimate of drug-likeness (QED) is 0.679. The monoisotopic (exact) mass is 259 g/mol. The van der Waals surface area contributed by atoms with Gasteiger partial charge in [-0.15, -0.1) is 0 Å². The van der Waals surface area contributed by atoms with Crippen LogP contribution in [0.4, 0.5) is 0 Å². The van der Waals surface area contributed by atoms with E-state index in [2.05, 4.69) is 10.1 Å². The van der Waals surface area contributed by atoms with Crippen LogP contribution < -0.4 is 5.32 Å². The van der Waals surface area contributed by atoms with E-state index in [4.69, 9.17) is 4.74 Å². The lowest BCUT2D eigenvalue weighted by Gasteiger charge is -2.19. The van der Waals surface area contributed by atoms with E-state index in [-0.39, 0.29) is 31.3 Å². The molecule has 0 saturated carbocycles. The number of hydrogen-bond acceptors (Lipinski definition) is 5. The van der Waals surface area contributed by atoms with Crippen molar-refractivity contribution in [3.8, 4) is 0 Å². The second-order valence-corrected chi connectivity index (χ2v) is 4.12. The van der Waals surface area contributed by atoms with Gasteiger partial charge in [0.25, 0.3) is 0 Å². The van der Waals surface area contributed by atoms with Gasteiger partial charge >= 0.3 is 11.9 Å². The van der Waals surface area contributed by atoms with E-state index in [0.717, 1.165) is 0 Å². The first-order valence-electron chi connectivity index (χ1n) is 5.95. The maximum Gasteiger partial charge on any atom is 0.328 e. The molecule has 18 heavy (non-hydrogen) atoms. The normalized spacial score (nSPS) is 11.8. The maximum atomic E-state index is 11.6. The highest BCUT2D eigenvalue weighted by Crippen LogP contribution is 2.04. The number of nitrogens with one attached hydrogen (secondary N) is 1. The van der Waals surface area contributed by atoms with Gasteiger partial charge in [0.05, 0.1) is 20.1 Å². The molecule has 0 aromatic rings. The van der Waals surface area contributed by atoms with E-state index in [1.165, 1.54) is 7.11 Å². The molecule has 1 atom stereocenters. The predicted molar refractivity (Wildman–Crippen MR) is 64.7 cm³/mol. The van der Waals surface area contributed by atoms with E-state index >= 15 is 0 Å². The molecule has 0 aromatic carbocycles. The van der Waals surface area contributed by atoms with Crippen molar-refractivity contribution in [3.63, 3.8) is 0 Å². The molecular weight excluding hydrogens is 238 g/mol. The Hall–Kier alpha value is -1.59. The summed E-state index contributed by atoms with van der Waals surface area (Å²) in [6, 6.07) is -0.690. The van der Waals surface area contributed by atoms with Crippen LogP contribution in [0.25, 0.3) is 0 Å². The smallest absolute Gasteiger partial charge is 0.328 e. The summed E-state index contributed by atoms with van der Waals surface area (Å²) in [6.07, 6.45) is 0.00467. The molecule has 0 unspecified atom stereocenters. The highest BCUT2D eigenvalue weighted by molar-refractivity contribution is 5.86. The lowest BCUT2D eigenvalue weighted by Crippen LogP contribution is -2.45. The van der Waals surface area contributed by atoms with Crippen molar-refractivity contribution in [1.29, 1.82) is 0 Å². The summed E-state index contributed by atoms with van der Waals surface area (Å²) in [5.41, 5.74) is 0. The SMILES string of the molecule is CCOC(=O)CCC(=O)N[C@H](C(=O)OC)C(C)C. The number of carbonyl (C=O) groups is 3. The Bertz CT molecular complexity index is 301. The van der Waals surface area contributed by atoms with Gasteiger partial charge in [0.15, 0.2) is 0 Å². The Morgan fingerprint density at radius 2 is 1.78 bits per heavy atom. The third-order valence-electron chi connectivity index (χ3n) is 2.30. The van der Waals surface area contributed by atoms with E-state index in [1.807, 2.05) is 0 Å². The Balaban J connectivity index is 4.19. The zero-order chi connectivity index (χ0) is 14.1. The average Bonchev–Trinajstić information content (AvgIpc) is 2.32. The molecule has 6 nitrogen and oxygen atoms in total. The van der Waals surface area contributed by atoms with Crippen LogP contribution in [-0.2, 0) is 23.9 Å². The van der Waals surface area contributed by atoms with Crippen molar-refractivity contribution in [2.45, 2.75) is 39.7 Å². The minimum atomic E-state index is -0.690. The van der Waals surface area contributed by atoms with Crippen molar-refractivity contribution in [2.24, 2.45) is 5.92 Å². The Morgan fingerprint density at radius 3 is 2.22 bits per heavy atom. The van der Waals surface area contributed by atoms with Crippen LogP contribution in [0.3, 0.4) is 0 Å². The Morgan fingerprint density at radius 1 is 1.17 bits per heavy atom. The molecule has 0 fully saturated rings. The second-order valence-electron chi connectivity index (χ2n) is 4.12. The second kappa shape index (κ2) is 8.49. The molecule has 0 aliphatic heterocycles. The lowest BCUT2D eigenvalue weighted by atomic mass is 10.0. The number of methoxy groups -OCH3 is 1. The van der Waals surface area contributed by atoms with Crippen LogP contribution in [0.15, 0.2) is 0 Å². The maximum absolute atomic E-state index is 11.6. The van der Waals surface area contributed by atoms with Crippen molar-refractivity contribution in [3.05, 3.63) is 0 Å². The molecule has 6 heteroatoms. The molecule has 0 aromatic heterocycles. The predicted octanol–water partition coefficient (Wildman–Crippen LogP) is 0.643. The highest BCUT2D eigenvalue weighted by atomic mass is 16.5. The van der Waals surface area contributed by atoms with Crippen LogP contribution in [-0.4, -0.2) is 37.6 Å². The van der Waals surface area contributed by atoms with Gasteiger partial charge in [-0.1, -0.05) is 13.8 Å². The van der Waals surface area contributed by atoms with Crippen molar-refractivity contribution < 1.29 is 23.9 Å². The topological polar surface area (TPSA) is 81.7 Å². The van der Waals surface area contributed by atoms with Gasteiger partial charge in [-0.3, -0.25) is 9.59 Å². The third-order valence-corrected chi connectivity index (χ3v) is 2.30. The van der Waals surface area contributed by atoms with E-state index in [0.29, 0.717) is 0 Å². The molecule has 0 bridgehead atoms. The molecule has 0 aliphatic carbocycles. The third kappa shape index (κ3) is 6.22. The molecule has 1 amide bonds. The van der Waals surface area contributed by atoms with Gasteiger partial charge < -0.3 is 14.8 Å². The van der Waals surface area contributed by atoms with E-state index in [9.17, 15) is 14.4 Å². The van der Waals surface area contributed by atoms with Gasteiger partial charge in [-0.25, -0.2) is 4.79 Å². The summed E-state index contributed by atoms with van der Waals surface area (Å²) in [4.78, 5) is 34.0. The summed E-state index contributed by atoms with van der Waals surface area (Å²) in [5.74, 6) is -1.36. The van der Waals surface area contributed by atoms with Crippen molar-refractivity contribution in [1.82, 2.24) is 5.32 Å².